The van der Waals surface area contributed by atoms with E-state index in [1.807, 2.05) is 6.92 Å². The summed E-state index contributed by atoms with van der Waals surface area (Å²) in [5, 5.41) is 0.583. The predicted octanol–water partition coefficient (Wildman–Crippen LogP) is 5.39. The van der Waals surface area contributed by atoms with Gasteiger partial charge in [-0.1, -0.05) is 43.9 Å². The highest BCUT2D eigenvalue weighted by Gasteiger charge is 2.13. The van der Waals surface area contributed by atoms with E-state index in [2.05, 4.69) is 6.92 Å². The second kappa shape index (κ2) is 6.69. The van der Waals surface area contributed by atoms with E-state index in [9.17, 15) is 8.78 Å². The lowest BCUT2D eigenvalue weighted by molar-refractivity contribution is 0.290. The first kappa shape index (κ1) is 14.8. The largest absolute Gasteiger partial charge is 0.490 e. The highest BCUT2D eigenvalue weighted by molar-refractivity contribution is 5.85. The average Bonchev–Trinajstić information content (AvgIpc) is 2.43. The third-order valence-electron chi connectivity index (χ3n) is 3.40. The molecule has 2 aromatic rings. The summed E-state index contributed by atoms with van der Waals surface area (Å²) in [6.45, 7) is 4.41. The molecule has 0 aliphatic rings. The molecular weight excluding hydrogens is 258 g/mol. The average molecular weight is 278 g/mol. The summed E-state index contributed by atoms with van der Waals surface area (Å²) in [5.74, 6) is -0.902. The number of ether oxygens (including phenoxy) is 1. The maximum Gasteiger partial charge on any atom is 0.173 e. The number of unbranched alkanes of at least 4 members (excludes halogenated alkanes) is 3. The molecule has 0 saturated carbocycles. The first-order valence-corrected chi connectivity index (χ1v) is 7.14. The molecule has 0 unspecified atom stereocenters. The van der Waals surface area contributed by atoms with Gasteiger partial charge in [-0.15, -0.1) is 0 Å². The molecule has 0 amide bonds. The SMILES string of the molecule is CCCCCCOc1cc(F)c2cc(C)ccc2c1F. The van der Waals surface area contributed by atoms with Gasteiger partial charge in [-0.25, -0.2) is 8.78 Å². The Kier molecular flexibility index (Phi) is 4.94. The molecule has 0 atom stereocenters. The number of rotatable bonds is 6. The van der Waals surface area contributed by atoms with E-state index in [0.29, 0.717) is 12.0 Å². The fraction of sp³-hybridized carbons (Fsp3) is 0.412. The zero-order chi connectivity index (χ0) is 14.5. The van der Waals surface area contributed by atoms with Crippen molar-refractivity contribution in [3.05, 3.63) is 41.5 Å². The maximum atomic E-state index is 14.3. The fourth-order valence-corrected chi connectivity index (χ4v) is 2.25. The van der Waals surface area contributed by atoms with Crippen LogP contribution in [0, 0.1) is 18.6 Å². The van der Waals surface area contributed by atoms with Gasteiger partial charge in [0.1, 0.15) is 5.82 Å². The molecule has 108 valence electrons. The highest BCUT2D eigenvalue weighted by Crippen LogP contribution is 2.30. The first-order valence-electron chi connectivity index (χ1n) is 7.14. The fourth-order valence-electron chi connectivity index (χ4n) is 2.25. The van der Waals surface area contributed by atoms with E-state index in [1.54, 1.807) is 18.2 Å². The summed E-state index contributed by atoms with van der Waals surface area (Å²) in [6, 6.07) is 6.18. The van der Waals surface area contributed by atoms with Gasteiger partial charge in [0.25, 0.3) is 0 Å². The Hall–Kier alpha value is -1.64. The van der Waals surface area contributed by atoms with E-state index in [-0.39, 0.29) is 11.1 Å². The summed E-state index contributed by atoms with van der Waals surface area (Å²) in [5.41, 5.74) is 0.907. The molecule has 2 aromatic carbocycles. The molecule has 2 rings (SSSR count). The molecule has 1 nitrogen and oxygen atoms in total. The van der Waals surface area contributed by atoms with Crippen LogP contribution >= 0.6 is 0 Å². The van der Waals surface area contributed by atoms with Gasteiger partial charge in [-0.3, -0.25) is 0 Å². The summed E-state index contributed by atoms with van der Waals surface area (Å²) in [6.07, 6.45) is 4.18. The minimum absolute atomic E-state index is 0.00958. The second-order valence-corrected chi connectivity index (χ2v) is 5.13. The van der Waals surface area contributed by atoms with Crippen LogP contribution in [-0.2, 0) is 0 Å². The third kappa shape index (κ3) is 3.27. The predicted molar refractivity (Wildman–Crippen MR) is 78.2 cm³/mol. The quantitative estimate of drug-likeness (QED) is 0.644. The van der Waals surface area contributed by atoms with Crippen molar-refractivity contribution in [2.45, 2.75) is 39.5 Å². The number of hydrogen-bond donors (Lipinski definition) is 0. The van der Waals surface area contributed by atoms with Gasteiger partial charge in [0.2, 0.25) is 0 Å². The molecule has 0 aliphatic heterocycles. The lowest BCUT2D eigenvalue weighted by atomic mass is 10.1. The lowest BCUT2D eigenvalue weighted by Gasteiger charge is -2.10. The molecule has 20 heavy (non-hydrogen) atoms. The van der Waals surface area contributed by atoms with Gasteiger partial charge in [0, 0.05) is 16.8 Å². The summed E-state index contributed by atoms with van der Waals surface area (Å²) < 4.78 is 33.6. The normalized spacial score (nSPS) is 11.0. The minimum atomic E-state index is -0.475. The van der Waals surface area contributed by atoms with Crippen LogP contribution in [0.3, 0.4) is 0 Å². The lowest BCUT2D eigenvalue weighted by Crippen LogP contribution is -2.01. The van der Waals surface area contributed by atoms with Crippen molar-refractivity contribution in [1.29, 1.82) is 0 Å². The van der Waals surface area contributed by atoms with Crippen molar-refractivity contribution in [3.63, 3.8) is 0 Å². The zero-order valence-corrected chi connectivity index (χ0v) is 12.0. The van der Waals surface area contributed by atoms with Crippen LogP contribution in [0.2, 0.25) is 0 Å². The van der Waals surface area contributed by atoms with Gasteiger partial charge in [0.05, 0.1) is 6.61 Å². The van der Waals surface area contributed by atoms with Gasteiger partial charge in [-0.05, 0) is 19.4 Å². The standard InChI is InChI=1S/C17H20F2O/c1-3-4-5-6-9-20-16-11-15(18)14-10-12(2)7-8-13(14)17(16)19/h7-8,10-11H,3-6,9H2,1-2H3. The van der Waals surface area contributed by atoms with Gasteiger partial charge in [-0.2, -0.15) is 0 Å². The number of fused-ring (bicyclic) bond motifs is 1. The van der Waals surface area contributed by atoms with E-state index in [0.717, 1.165) is 37.3 Å². The minimum Gasteiger partial charge on any atom is -0.490 e. The second-order valence-electron chi connectivity index (χ2n) is 5.13. The van der Waals surface area contributed by atoms with Crippen molar-refractivity contribution >= 4 is 10.8 Å². The molecular formula is C17H20F2O. The van der Waals surface area contributed by atoms with Gasteiger partial charge in [0.15, 0.2) is 11.6 Å². The number of aryl methyl sites for hydroxylation is 1. The Morgan fingerprint density at radius 3 is 2.55 bits per heavy atom. The Morgan fingerprint density at radius 2 is 1.80 bits per heavy atom. The topological polar surface area (TPSA) is 9.23 Å². The van der Waals surface area contributed by atoms with Gasteiger partial charge < -0.3 is 4.74 Å². The molecule has 0 spiro atoms. The number of benzene rings is 2. The molecule has 0 heterocycles. The van der Waals surface area contributed by atoms with E-state index >= 15 is 0 Å². The van der Waals surface area contributed by atoms with Crippen molar-refractivity contribution < 1.29 is 13.5 Å². The molecule has 3 heteroatoms. The Balaban J connectivity index is 2.18. The molecule has 0 aliphatic carbocycles. The Bertz CT molecular complexity index is 593. The summed E-state index contributed by atoms with van der Waals surface area (Å²) in [4.78, 5) is 0. The number of halogens is 2. The molecule has 0 saturated heterocycles. The van der Waals surface area contributed by atoms with Crippen LogP contribution in [0.4, 0.5) is 8.78 Å². The van der Waals surface area contributed by atoms with Gasteiger partial charge >= 0.3 is 0 Å². The zero-order valence-electron chi connectivity index (χ0n) is 12.0. The Morgan fingerprint density at radius 1 is 1.00 bits per heavy atom. The summed E-state index contributed by atoms with van der Waals surface area (Å²) in [7, 11) is 0. The maximum absolute atomic E-state index is 14.3. The third-order valence-corrected chi connectivity index (χ3v) is 3.40. The number of hydrogen-bond acceptors (Lipinski definition) is 1. The van der Waals surface area contributed by atoms with Crippen LogP contribution in [0.25, 0.3) is 10.8 Å². The van der Waals surface area contributed by atoms with Crippen LogP contribution in [0.5, 0.6) is 5.75 Å². The van der Waals surface area contributed by atoms with Crippen molar-refractivity contribution in [2.75, 3.05) is 6.61 Å². The Labute approximate surface area is 118 Å². The van der Waals surface area contributed by atoms with E-state index < -0.39 is 11.6 Å². The van der Waals surface area contributed by atoms with Crippen LogP contribution in [0.1, 0.15) is 38.2 Å². The van der Waals surface area contributed by atoms with Crippen LogP contribution < -0.4 is 4.74 Å². The molecule has 0 bridgehead atoms. The monoisotopic (exact) mass is 278 g/mol. The summed E-state index contributed by atoms with van der Waals surface area (Å²) >= 11 is 0. The van der Waals surface area contributed by atoms with Crippen LogP contribution in [-0.4, -0.2) is 6.61 Å². The van der Waals surface area contributed by atoms with Crippen molar-refractivity contribution in [1.82, 2.24) is 0 Å². The molecule has 0 fully saturated rings. The van der Waals surface area contributed by atoms with Crippen LogP contribution in [0.15, 0.2) is 24.3 Å². The smallest absolute Gasteiger partial charge is 0.173 e. The highest BCUT2D eigenvalue weighted by atomic mass is 19.1. The van der Waals surface area contributed by atoms with Crippen molar-refractivity contribution in [3.8, 4) is 5.75 Å². The van der Waals surface area contributed by atoms with E-state index in [4.69, 9.17) is 4.74 Å². The molecule has 0 radical (unpaired) electrons. The van der Waals surface area contributed by atoms with Crippen molar-refractivity contribution in [2.24, 2.45) is 0 Å². The molecule has 0 aromatic heterocycles. The van der Waals surface area contributed by atoms with E-state index in [1.165, 1.54) is 0 Å². The molecule has 0 N–H and O–H groups in total. The first-order chi connectivity index (χ1) is 9.63.